The number of aromatic nitrogens is 1. The number of primary amides is 1. The van der Waals surface area contributed by atoms with Gasteiger partial charge >= 0.3 is 0 Å². The van der Waals surface area contributed by atoms with Crippen LogP contribution in [0.4, 0.5) is 0 Å². The molecule has 0 fully saturated rings. The van der Waals surface area contributed by atoms with Gasteiger partial charge in [0.25, 0.3) is 5.91 Å². The van der Waals surface area contributed by atoms with Gasteiger partial charge in [-0.25, -0.2) is 0 Å². The van der Waals surface area contributed by atoms with Crippen LogP contribution in [0.1, 0.15) is 10.4 Å². The first kappa shape index (κ1) is 10.6. The Hall–Kier alpha value is -2.55. The molecular weight excluding hydrogens is 224 g/mol. The summed E-state index contributed by atoms with van der Waals surface area (Å²) < 4.78 is 1.98. The van der Waals surface area contributed by atoms with Crippen LogP contribution in [0.3, 0.4) is 0 Å². The highest BCUT2D eigenvalue weighted by molar-refractivity contribution is 5.97. The number of fused-ring (bicyclic) bond motifs is 1. The van der Waals surface area contributed by atoms with Crippen LogP contribution in [0.5, 0.6) is 0 Å². The maximum atomic E-state index is 11.5. The maximum Gasteiger partial charge on any atom is 0.250 e. The van der Waals surface area contributed by atoms with Crippen LogP contribution in [-0.2, 0) is 0 Å². The second-order valence-electron chi connectivity index (χ2n) is 4.13. The molecule has 1 aromatic heterocycles. The van der Waals surface area contributed by atoms with E-state index >= 15 is 0 Å². The van der Waals surface area contributed by atoms with E-state index in [-0.39, 0.29) is 0 Å². The number of benzene rings is 2. The lowest BCUT2D eigenvalue weighted by molar-refractivity contribution is 0.100. The van der Waals surface area contributed by atoms with E-state index in [9.17, 15) is 4.79 Å². The predicted molar refractivity (Wildman–Crippen MR) is 71.8 cm³/mol. The smallest absolute Gasteiger partial charge is 0.250 e. The van der Waals surface area contributed by atoms with Crippen molar-refractivity contribution >= 4 is 16.8 Å². The number of para-hydroxylation sites is 2. The van der Waals surface area contributed by atoms with Gasteiger partial charge in [-0.1, -0.05) is 30.3 Å². The summed E-state index contributed by atoms with van der Waals surface area (Å²) in [5.41, 5.74) is 7.81. The van der Waals surface area contributed by atoms with E-state index in [2.05, 4.69) is 0 Å². The molecule has 0 spiro atoms. The number of amides is 1. The Kier molecular flexibility index (Phi) is 2.38. The van der Waals surface area contributed by atoms with Crippen molar-refractivity contribution in [2.24, 2.45) is 5.73 Å². The molecule has 0 radical (unpaired) electrons. The number of carbonyl (C=O) groups excluding carboxylic acids is 1. The second-order valence-corrected chi connectivity index (χ2v) is 4.13. The van der Waals surface area contributed by atoms with Crippen LogP contribution in [0, 0.1) is 0 Å². The van der Waals surface area contributed by atoms with E-state index in [1.807, 2.05) is 59.3 Å². The van der Waals surface area contributed by atoms with Gasteiger partial charge < -0.3 is 10.3 Å². The molecule has 1 amide bonds. The van der Waals surface area contributed by atoms with Gasteiger partial charge in [-0.3, -0.25) is 4.79 Å². The van der Waals surface area contributed by atoms with Crippen LogP contribution < -0.4 is 5.73 Å². The molecule has 3 nitrogen and oxygen atoms in total. The molecule has 3 aromatic rings. The Balaban J connectivity index is 2.30. The summed E-state index contributed by atoms with van der Waals surface area (Å²) in [6.45, 7) is 0. The molecule has 0 aliphatic rings. The fourth-order valence-corrected chi connectivity index (χ4v) is 2.19. The predicted octanol–water partition coefficient (Wildman–Crippen LogP) is 2.73. The highest BCUT2D eigenvalue weighted by atomic mass is 16.1. The number of nitrogens with two attached hydrogens (primary N) is 1. The normalized spacial score (nSPS) is 10.7. The molecule has 0 aliphatic carbocycles. The van der Waals surface area contributed by atoms with Crippen molar-refractivity contribution in [2.45, 2.75) is 0 Å². The minimum Gasteiger partial charge on any atom is -0.366 e. The second kappa shape index (κ2) is 4.04. The van der Waals surface area contributed by atoms with Gasteiger partial charge in [0.1, 0.15) is 0 Å². The summed E-state index contributed by atoms with van der Waals surface area (Å²) in [5, 5.41) is 1.14. The number of nitrogens with zero attached hydrogens (tertiary/aromatic N) is 1. The van der Waals surface area contributed by atoms with Crippen molar-refractivity contribution in [2.75, 3.05) is 0 Å². The average molecular weight is 236 g/mol. The zero-order valence-electron chi connectivity index (χ0n) is 9.71. The zero-order valence-corrected chi connectivity index (χ0v) is 9.71. The third-order valence-electron chi connectivity index (χ3n) is 3.03. The van der Waals surface area contributed by atoms with Crippen LogP contribution in [-0.4, -0.2) is 10.5 Å². The molecule has 2 N–H and O–H groups in total. The van der Waals surface area contributed by atoms with Gasteiger partial charge in [0.2, 0.25) is 0 Å². The van der Waals surface area contributed by atoms with Gasteiger partial charge in [-0.2, -0.15) is 0 Å². The van der Waals surface area contributed by atoms with Crippen molar-refractivity contribution in [3.8, 4) is 5.69 Å². The first-order valence-electron chi connectivity index (χ1n) is 5.72. The first-order valence-corrected chi connectivity index (χ1v) is 5.72. The van der Waals surface area contributed by atoms with Crippen molar-refractivity contribution < 1.29 is 4.79 Å². The van der Waals surface area contributed by atoms with Crippen molar-refractivity contribution in [1.82, 2.24) is 4.57 Å². The summed E-state index contributed by atoms with van der Waals surface area (Å²) in [6.07, 6.45) is 1.95. The highest BCUT2D eigenvalue weighted by Gasteiger charge is 2.10. The van der Waals surface area contributed by atoms with E-state index in [4.69, 9.17) is 5.73 Å². The fourth-order valence-electron chi connectivity index (χ4n) is 2.19. The van der Waals surface area contributed by atoms with Crippen LogP contribution in [0.2, 0.25) is 0 Å². The lowest BCUT2D eigenvalue weighted by Gasteiger charge is -2.09. The van der Waals surface area contributed by atoms with E-state index < -0.39 is 5.91 Å². The third kappa shape index (κ3) is 1.57. The largest absolute Gasteiger partial charge is 0.366 e. The van der Waals surface area contributed by atoms with Crippen molar-refractivity contribution in [3.05, 3.63) is 66.4 Å². The fraction of sp³-hybridized carbons (Fsp3) is 0. The molecule has 2 aromatic carbocycles. The zero-order chi connectivity index (χ0) is 12.5. The van der Waals surface area contributed by atoms with Gasteiger partial charge in [0, 0.05) is 6.20 Å². The number of rotatable bonds is 2. The molecule has 0 saturated carbocycles. The first-order chi connectivity index (χ1) is 8.77. The summed E-state index contributed by atoms with van der Waals surface area (Å²) in [4.78, 5) is 11.5. The Bertz CT molecular complexity index is 728. The molecule has 3 rings (SSSR count). The molecule has 1 heterocycles. The number of hydrogen-bond donors (Lipinski definition) is 1. The quantitative estimate of drug-likeness (QED) is 0.730. The Morgan fingerprint density at radius 3 is 2.50 bits per heavy atom. The minimum absolute atomic E-state index is 0.414. The van der Waals surface area contributed by atoms with E-state index in [1.54, 1.807) is 6.07 Å². The monoisotopic (exact) mass is 236 g/mol. The van der Waals surface area contributed by atoms with Crippen LogP contribution in [0.25, 0.3) is 16.6 Å². The third-order valence-corrected chi connectivity index (χ3v) is 3.03. The molecule has 3 heteroatoms. The van der Waals surface area contributed by atoms with E-state index in [1.165, 1.54) is 0 Å². The molecule has 88 valence electrons. The SMILES string of the molecule is NC(=O)c1ccccc1-n1ccc2ccccc21. The minimum atomic E-state index is -0.414. The van der Waals surface area contributed by atoms with Crippen LogP contribution >= 0.6 is 0 Å². The lowest BCUT2D eigenvalue weighted by atomic mass is 10.1. The van der Waals surface area contributed by atoms with Crippen molar-refractivity contribution in [3.63, 3.8) is 0 Å². The van der Waals surface area contributed by atoms with Gasteiger partial charge in [-0.05, 0) is 29.7 Å². The maximum absolute atomic E-state index is 11.5. The van der Waals surface area contributed by atoms with E-state index in [0.29, 0.717) is 5.56 Å². The molecule has 0 saturated heterocycles. The Morgan fingerprint density at radius 2 is 1.67 bits per heavy atom. The molecule has 0 unspecified atom stereocenters. The van der Waals surface area contributed by atoms with Gasteiger partial charge in [0.15, 0.2) is 0 Å². The van der Waals surface area contributed by atoms with Gasteiger partial charge in [0.05, 0.1) is 16.8 Å². The molecule has 0 aliphatic heterocycles. The summed E-state index contributed by atoms with van der Waals surface area (Å²) in [5.74, 6) is -0.414. The topological polar surface area (TPSA) is 48.0 Å². The molecule has 0 bridgehead atoms. The summed E-state index contributed by atoms with van der Waals surface area (Å²) in [6, 6.07) is 17.4. The number of hydrogen-bond acceptors (Lipinski definition) is 1. The standard InChI is InChI=1S/C15H12N2O/c16-15(18)12-6-2-4-8-14(12)17-10-9-11-5-1-3-7-13(11)17/h1-10H,(H2,16,18). The lowest BCUT2D eigenvalue weighted by Crippen LogP contribution is -2.14. The van der Waals surface area contributed by atoms with Crippen LogP contribution in [0.15, 0.2) is 60.8 Å². The summed E-state index contributed by atoms with van der Waals surface area (Å²) >= 11 is 0. The Labute approximate surface area is 104 Å². The van der Waals surface area contributed by atoms with Crippen molar-refractivity contribution in [1.29, 1.82) is 0 Å². The molecule has 18 heavy (non-hydrogen) atoms. The van der Waals surface area contributed by atoms with Gasteiger partial charge in [-0.15, -0.1) is 0 Å². The number of carbonyl (C=O) groups is 1. The molecular formula is C15H12N2O. The molecule has 0 atom stereocenters. The average Bonchev–Trinajstić information content (AvgIpc) is 2.82. The van der Waals surface area contributed by atoms with E-state index in [0.717, 1.165) is 16.6 Å². The summed E-state index contributed by atoms with van der Waals surface area (Å²) in [7, 11) is 0. The highest BCUT2D eigenvalue weighted by Crippen LogP contribution is 2.22. The Morgan fingerprint density at radius 1 is 0.944 bits per heavy atom.